The van der Waals surface area contributed by atoms with Gasteiger partial charge in [-0.15, -0.1) is 0 Å². The highest BCUT2D eigenvalue weighted by atomic mass is 35.5. The van der Waals surface area contributed by atoms with Gasteiger partial charge in [0.2, 0.25) is 5.91 Å². The molecular weight excluding hydrogens is 300 g/mol. The lowest BCUT2D eigenvalue weighted by Crippen LogP contribution is -2.36. The molecule has 1 aromatic carbocycles. The van der Waals surface area contributed by atoms with Crippen molar-refractivity contribution in [2.45, 2.75) is 12.5 Å². The van der Waals surface area contributed by atoms with Gasteiger partial charge in [0.1, 0.15) is 13.2 Å². The van der Waals surface area contributed by atoms with Gasteiger partial charge in [0.15, 0.2) is 11.5 Å². The van der Waals surface area contributed by atoms with Crippen molar-refractivity contribution in [2.75, 3.05) is 30.5 Å². The molecule has 0 saturated carbocycles. The predicted molar refractivity (Wildman–Crippen MR) is 82.0 cm³/mol. The molecule has 1 aliphatic heterocycles. The second-order valence-corrected chi connectivity index (χ2v) is 5.75. The van der Waals surface area contributed by atoms with Crippen LogP contribution < -0.4 is 20.5 Å². The summed E-state index contributed by atoms with van der Waals surface area (Å²) < 4.78 is 10.9. The first-order chi connectivity index (χ1) is 9.61. The Morgan fingerprint density at radius 3 is 2.75 bits per heavy atom. The summed E-state index contributed by atoms with van der Waals surface area (Å²) in [4.78, 5) is 12.0. The fourth-order valence-corrected chi connectivity index (χ4v) is 2.45. The maximum absolute atomic E-state index is 12.0. The standard InChI is InChI=1S/C13H17ClN2O3S/c1-20-5-2-9(15)13(17)16-10-7-12-11(6-8(10)14)18-3-4-19-12/h6-7,9H,2-5,15H2,1H3,(H,16,17)/t9-/m1/s1. The van der Waals surface area contributed by atoms with Gasteiger partial charge in [0.25, 0.3) is 0 Å². The van der Waals surface area contributed by atoms with Crippen molar-refractivity contribution >= 4 is 35.0 Å². The number of hydrogen-bond acceptors (Lipinski definition) is 5. The Kier molecular flexibility index (Phi) is 5.39. The summed E-state index contributed by atoms with van der Waals surface area (Å²) >= 11 is 7.77. The van der Waals surface area contributed by atoms with E-state index < -0.39 is 6.04 Å². The van der Waals surface area contributed by atoms with Crippen LogP contribution in [0.5, 0.6) is 11.5 Å². The molecule has 5 nitrogen and oxygen atoms in total. The van der Waals surface area contributed by atoms with Crippen molar-refractivity contribution in [3.63, 3.8) is 0 Å². The van der Waals surface area contributed by atoms with Crippen LogP contribution in [0.2, 0.25) is 5.02 Å². The SMILES string of the molecule is CSCC[C@@H](N)C(=O)Nc1cc2c(cc1Cl)OCCO2. The number of benzene rings is 1. The van der Waals surface area contributed by atoms with Gasteiger partial charge in [0.05, 0.1) is 16.8 Å². The number of ether oxygens (including phenoxy) is 2. The zero-order chi connectivity index (χ0) is 14.5. The van der Waals surface area contributed by atoms with Gasteiger partial charge < -0.3 is 20.5 Å². The number of carbonyl (C=O) groups excluding carboxylic acids is 1. The average Bonchev–Trinajstić information content (AvgIpc) is 2.45. The van der Waals surface area contributed by atoms with Crippen LogP contribution in [0, 0.1) is 0 Å². The van der Waals surface area contributed by atoms with E-state index in [2.05, 4.69) is 5.32 Å². The van der Waals surface area contributed by atoms with Crippen LogP contribution in [0.15, 0.2) is 12.1 Å². The minimum Gasteiger partial charge on any atom is -0.486 e. The van der Waals surface area contributed by atoms with Crippen LogP contribution in [-0.4, -0.2) is 37.2 Å². The van der Waals surface area contributed by atoms with E-state index in [0.717, 1.165) is 5.75 Å². The third-order valence-electron chi connectivity index (χ3n) is 2.86. The lowest BCUT2D eigenvalue weighted by molar-refractivity contribution is -0.117. The number of nitrogens with one attached hydrogen (secondary N) is 1. The van der Waals surface area contributed by atoms with Crippen molar-refractivity contribution in [1.82, 2.24) is 0 Å². The minimum absolute atomic E-state index is 0.252. The highest BCUT2D eigenvalue weighted by Crippen LogP contribution is 2.37. The van der Waals surface area contributed by atoms with Gasteiger partial charge in [0, 0.05) is 12.1 Å². The smallest absolute Gasteiger partial charge is 0.241 e. The number of rotatable bonds is 5. The molecule has 0 saturated heterocycles. The molecule has 1 amide bonds. The molecule has 1 atom stereocenters. The van der Waals surface area contributed by atoms with E-state index in [1.165, 1.54) is 0 Å². The third-order valence-corrected chi connectivity index (χ3v) is 3.82. The summed E-state index contributed by atoms with van der Waals surface area (Å²) in [7, 11) is 0. The largest absolute Gasteiger partial charge is 0.486 e. The van der Waals surface area contributed by atoms with E-state index in [9.17, 15) is 4.79 Å². The number of fused-ring (bicyclic) bond motifs is 1. The molecule has 0 unspecified atom stereocenters. The normalized spacial score (nSPS) is 14.8. The first-order valence-corrected chi connectivity index (χ1v) is 8.03. The lowest BCUT2D eigenvalue weighted by Gasteiger charge is -2.20. The summed E-state index contributed by atoms with van der Waals surface area (Å²) in [6.07, 6.45) is 2.59. The highest BCUT2D eigenvalue weighted by Gasteiger charge is 2.18. The van der Waals surface area contributed by atoms with Gasteiger partial charge in [-0.05, 0) is 18.4 Å². The van der Waals surface area contributed by atoms with Gasteiger partial charge in [-0.25, -0.2) is 0 Å². The Labute approximate surface area is 127 Å². The van der Waals surface area contributed by atoms with Crippen LogP contribution in [-0.2, 0) is 4.79 Å². The van der Waals surface area contributed by atoms with Crippen molar-refractivity contribution in [3.8, 4) is 11.5 Å². The summed E-state index contributed by atoms with van der Waals surface area (Å²) in [6.45, 7) is 0.976. The Balaban J connectivity index is 2.07. The molecule has 1 heterocycles. The van der Waals surface area contributed by atoms with E-state index in [1.54, 1.807) is 23.9 Å². The summed E-state index contributed by atoms with van der Waals surface area (Å²) in [5.41, 5.74) is 6.30. The van der Waals surface area contributed by atoms with Crippen molar-refractivity contribution in [3.05, 3.63) is 17.2 Å². The van der Waals surface area contributed by atoms with E-state index in [4.69, 9.17) is 26.8 Å². The monoisotopic (exact) mass is 316 g/mol. The second kappa shape index (κ2) is 7.06. The van der Waals surface area contributed by atoms with Gasteiger partial charge in [-0.2, -0.15) is 11.8 Å². The Morgan fingerprint density at radius 2 is 2.10 bits per heavy atom. The van der Waals surface area contributed by atoms with E-state index >= 15 is 0 Å². The third kappa shape index (κ3) is 3.71. The molecule has 2 rings (SSSR count). The van der Waals surface area contributed by atoms with Gasteiger partial charge in [-0.1, -0.05) is 11.6 Å². The molecule has 0 radical (unpaired) electrons. The molecule has 3 N–H and O–H groups in total. The zero-order valence-electron chi connectivity index (χ0n) is 11.1. The molecule has 110 valence electrons. The summed E-state index contributed by atoms with van der Waals surface area (Å²) in [6, 6.07) is 2.75. The highest BCUT2D eigenvalue weighted by molar-refractivity contribution is 7.98. The topological polar surface area (TPSA) is 73.6 Å². The quantitative estimate of drug-likeness (QED) is 0.870. The number of halogens is 1. The predicted octanol–water partition coefficient (Wildman–Crippen LogP) is 2.13. The first-order valence-electron chi connectivity index (χ1n) is 6.26. The fraction of sp³-hybridized carbons (Fsp3) is 0.462. The average molecular weight is 317 g/mol. The molecular formula is C13H17ClN2O3S. The van der Waals surface area contributed by atoms with Crippen LogP contribution >= 0.6 is 23.4 Å². The Morgan fingerprint density at radius 1 is 1.45 bits per heavy atom. The Bertz CT molecular complexity index is 499. The number of anilines is 1. The fourth-order valence-electron chi connectivity index (χ4n) is 1.76. The Hall–Kier alpha value is -1.11. The molecule has 0 aliphatic carbocycles. The van der Waals surface area contributed by atoms with Crippen LogP contribution in [0.3, 0.4) is 0 Å². The number of hydrogen-bond donors (Lipinski definition) is 2. The molecule has 0 spiro atoms. The maximum Gasteiger partial charge on any atom is 0.241 e. The van der Waals surface area contributed by atoms with Crippen molar-refractivity contribution < 1.29 is 14.3 Å². The maximum atomic E-state index is 12.0. The number of carbonyl (C=O) groups is 1. The van der Waals surface area contributed by atoms with Crippen LogP contribution in [0.4, 0.5) is 5.69 Å². The number of nitrogens with two attached hydrogens (primary N) is 1. The molecule has 0 fully saturated rings. The van der Waals surface area contributed by atoms with Crippen LogP contribution in [0.1, 0.15) is 6.42 Å². The second-order valence-electron chi connectivity index (χ2n) is 4.35. The van der Waals surface area contributed by atoms with Crippen molar-refractivity contribution in [1.29, 1.82) is 0 Å². The molecule has 0 aromatic heterocycles. The summed E-state index contributed by atoms with van der Waals surface area (Å²) in [5, 5.41) is 3.13. The van der Waals surface area contributed by atoms with Gasteiger partial charge >= 0.3 is 0 Å². The lowest BCUT2D eigenvalue weighted by atomic mass is 10.2. The first kappa shape index (κ1) is 15.3. The van der Waals surface area contributed by atoms with Gasteiger partial charge in [-0.3, -0.25) is 4.79 Å². The van der Waals surface area contributed by atoms with E-state index in [-0.39, 0.29) is 5.91 Å². The molecule has 7 heteroatoms. The molecule has 1 aliphatic rings. The molecule has 20 heavy (non-hydrogen) atoms. The zero-order valence-corrected chi connectivity index (χ0v) is 12.7. The van der Waals surface area contributed by atoms with E-state index in [1.807, 2.05) is 6.26 Å². The molecule has 0 bridgehead atoms. The minimum atomic E-state index is -0.549. The summed E-state index contributed by atoms with van der Waals surface area (Å²) in [5.74, 6) is 1.75. The van der Waals surface area contributed by atoms with E-state index in [0.29, 0.717) is 41.8 Å². The van der Waals surface area contributed by atoms with Crippen molar-refractivity contribution in [2.24, 2.45) is 5.73 Å². The van der Waals surface area contributed by atoms with Crippen LogP contribution in [0.25, 0.3) is 0 Å². The number of amides is 1. The number of thioether (sulfide) groups is 1. The molecule has 1 aromatic rings.